The first kappa shape index (κ1) is 16.4. The zero-order valence-electron chi connectivity index (χ0n) is 13.3. The summed E-state index contributed by atoms with van der Waals surface area (Å²) in [7, 11) is 0. The average molecular weight is 304 g/mol. The molecule has 6 nitrogen and oxygen atoms in total. The molecule has 1 amide bonds. The second-order valence-electron chi connectivity index (χ2n) is 6.06. The number of hydrogen-bond acceptors (Lipinski definition) is 4. The van der Waals surface area contributed by atoms with Gasteiger partial charge in [0.15, 0.2) is 0 Å². The fourth-order valence-corrected chi connectivity index (χ4v) is 2.64. The van der Waals surface area contributed by atoms with Crippen molar-refractivity contribution in [1.82, 2.24) is 9.47 Å². The fraction of sp³-hybridized carbons (Fsp3) is 0.625. The standard InChI is InChI=1S/C16H24N4O2/c1-12(2)3-4-15-14(18)9-13(10-17)20(15)11-16(21)19-5-7-22-8-6-19/h9,12H,3-8,11,18H2,1-2H3. The molecule has 0 aliphatic carbocycles. The van der Waals surface area contributed by atoms with Crippen LogP contribution in [0, 0.1) is 17.2 Å². The molecule has 1 aliphatic rings. The maximum absolute atomic E-state index is 12.4. The van der Waals surface area contributed by atoms with Crippen LogP contribution in [0.25, 0.3) is 0 Å². The Bertz CT molecular complexity index is 565. The molecule has 2 heterocycles. The van der Waals surface area contributed by atoms with E-state index in [0.717, 1.165) is 18.5 Å². The maximum atomic E-state index is 12.4. The van der Waals surface area contributed by atoms with E-state index < -0.39 is 0 Å². The lowest BCUT2D eigenvalue weighted by Gasteiger charge is -2.27. The quantitative estimate of drug-likeness (QED) is 0.891. The average Bonchev–Trinajstić information content (AvgIpc) is 2.81. The first-order valence-electron chi connectivity index (χ1n) is 7.76. The Morgan fingerprint density at radius 1 is 1.45 bits per heavy atom. The van der Waals surface area contributed by atoms with Crippen molar-refractivity contribution < 1.29 is 9.53 Å². The summed E-state index contributed by atoms with van der Waals surface area (Å²) in [5.74, 6) is 0.560. The topological polar surface area (TPSA) is 84.3 Å². The Hall–Kier alpha value is -2.00. The van der Waals surface area contributed by atoms with Crippen molar-refractivity contribution in [3.63, 3.8) is 0 Å². The molecule has 120 valence electrons. The van der Waals surface area contributed by atoms with Crippen LogP contribution >= 0.6 is 0 Å². The van der Waals surface area contributed by atoms with Crippen LogP contribution in [0.5, 0.6) is 0 Å². The number of nitriles is 1. The zero-order valence-corrected chi connectivity index (χ0v) is 13.3. The lowest BCUT2D eigenvalue weighted by molar-refractivity contribution is -0.135. The van der Waals surface area contributed by atoms with Gasteiger partial charge in [-0.25, -0.2) is 0 Å². The molecule has 2 N–H and O–H groups in total. The van der Waals surface area contributed by atoms with E-state index in [1.54, 1.807) is 15.5 Å². The molecular weight excluding hydrogens is 280 g/mol. The summed E-state index contributed by atoms with van der Waals surface area (Å²) in [6.45, 7) is 6.84. The normalized spacial score (nSPS) is 15.1. The molecular formula is C16H24N4O2. The Kier molecular flexibility index (Phi) is 5.45. The number of rotatable bonds is 5. The van der Waals surface area contributed by atoms with Crippen LogP contribution in [-0.2, 0) is 22.5 Å². The summed E-state index contributed by atoms with van der Waals surface area (Å²) >= 11 is 0. The van der Waals surface area contributed by atoms with Gasteiger partial charge in [0.2, 0.25) is 5.91 Å². The van der Waals surface area contributed by atoms with Gasteiger partial charge in [-0.3, -0.25) is 4.79 Å². The number of morpholine rings is 1. The van der Waals surface area contributed by atoms with Crippen LogP contribution < -0.4 is 5.73 Å². The summed E-state index contributed by atoms with van der Waals surface area (Å²) in [4.78, 5) is 14.2. The molecule has 1 aromatic heterocycles. The van der Waals surface area contributed by atoms with Crippen LogP contribution in [-0.4, -0.2) is 41.7 Å². The molecule has 2 rings (SSSR count). The predicted molar refractivity (Wildman–Crippen MR) is 84.1 cm³/mol. The summed E-state index contributed by atoms with van der Waals surface area (Å²) in [6, 6.07) is 3.81. The molecule has 22 heavy (non-hydrogen) atoms. The number of nitrogens with zero attached hydrogens (tertiary/aromatic N) is 3. The van der Waals surface area contributed by atoms with Gasteiger partial charge in [0.05, 0.1) is 18.9 Å². The number of hydrogen-bond donors (Lipinski definition) is 1. The summed E-state index contributed by atoms with van der Waals surface area (Å²) in [5, 5.41) is 9.29. The van der Waals surface area contributed by atoms with Crippen molar-refractivity contribution in [2.45, 2.75) is 33.2 Å². The number of nitrogens with two attached hydrogens (primary N) is 1. The monoisotopic (exact) mass is 304 g/mol. The summed E-state index contributed by atoms with van der Waals surface area (Å²) in [6.07, 6.45) is 1.76. The fourth-order valence-electron chi connectivity index (χ4n) is 2.64. The lowest BCUT2D eigenvalue weighted by Crippen LogP contribution is -2.42. The highest BCUT2D eigenvalue weighted by atomic mass is 16.5. The van der Waals surface area contributed by atoms with Gasteiger partial charge in [0, 0.05) is 18.8 Å². The molecule has 0 saturated carbocycles. The van der Waals surface area contributed by atoms with Crippen LogP contribution in [0.3, 0.4) is 0 Å². The Balaban J connectivity index is 2.17. The van der Waals surface area contributed by atoms with E-state index in [-0.39, 0.29) is 12.5 Å². The molecule has 6 heteroatoms. The first-order valence-corrected chi connectivity index (χ1v) is 7.76. The molecule has 0 spiro atoms. The van der Waals surface area contributed by atoms with E-state index in [9.17, 15) is 10.1 Å². The molecule has 0 aromatic carbocycles. The minimum Gasteiger partial charge on any atom is -0.397 e. The van der Waals surface area contributed by atoms with Crippen molar-refractivity contribution in [2.24, 2.45) is 5.92 Å². The van der Waals surface area contributed by atoms with E-state index in [1.165, 1.54) is 0 Å². The van der Waals surface area contributed by atoms with E-state index in [4.69, 9.17) is 10.5 Å². The van der Waals surface area contributed by atoms with Crippen LogP contribution in [0.15, 0.2) is 6.07 Å². The number of aromatic nitrogens is 1. The molecule has 0 atom stereocenters. The lowest BCUT2D eigenvalue weighted by atomic mass is 10.1. The van der Waals surface area contributed by atoms with Crippen LogP contribution in [0.2, 0.25) is 0 Å². The van der Waals surface area contributed by atoms with Gasteiger partial charge in [0.1, 0.15) is 18.3 Å². The van der Waals surface area contributed by atoms with E-state index in [2.05, 4.69) is 19.9 Å². The van der Waals surface area contributed by atoms with Gasteiger partial charge in [-0.15, -0.1) is 0 Å². The zero-order chi connectivity index (χ0) is 16.1. The largest absolute Gasteiger partial charge is 0.397 e. The Labute approximate surface area is 131 Å². The third-order valence-corrected chi connectivity index (χ3v) is 3.97. The Morgan fingerprint density at radius 2 is 2.14 bits per heavy atom. The van der Waals surface area contributed by atoms with Gasteiger partial charge in [0.25, 0.3) is 0 Å². The highest BCUT2D eigenvalue weighted by molar-refractivity contribution is 5.77. The third kappa shape index (κ3) is 3.80. The minimum atomic E-state index is 0.0150. The van der Waals surface area contributed by atoms with Crippen molar-refractivity contribution >= 4 is 11.6 Å². The summed E-state index contributed by atoms with van der Waals surface area (Å²) in [5.41, 5.74) is 8.00. The van der Waals surface area contributed by atoms with E-state index >= 15 is 0 Å². The molecule has 1 aliphatic heterocycles. The second kappa shape index (κ2) is 7.32. The molecule has 0 radical (unpaired) electrons. The number of carbonyl (C=O) groups excluding carboxylic acids is 1. The molecule has 1 fully saturated rings. The van der Waals surface area contributed by atoms with E-state index in [1.807, 2.05) is 0 Å². The van der Waals surface area contributed by atoms with E-state index in [0.29, 0.717) is 43.6 Å². The van der Waals surface area contributed by atoms with Gasteiger partial charge in [-0.1, -0.05) is 13.8 Å². The smallest absolute Gasteiger partial charge is 0.242 e. The molecule has 1 aromatic rings. The predicted octanol–water partition coefficient (Wildman–Crippen LogP) is 1.39. The van der Waals surface area contributed by atoms with Crippen molar-refractivity contribution in [3.05, 3.63) is 17.5 Å². The number of ether oxygens (including phenoxy) is 1. The first-order chi connectivity index (χ1) is 10.5. The maximum Gasteiger partial charge on any atom is 0.242 e. The summed E-state index contributed by atoms with van der Waals surface area (Å²) < 4.78 is 7.04. The number of anilines is 1. The number of amides is 1. The third-order valence-electron chi connectivity index (χ3n) is 3.97. The number of nitrogen functional groups attached to an aromatic ring is 1. The highest BCUT2D eigenvalue weighted by Crippen LogP contribution is 2.22. The van der Waals surface area contributed by atoms with Gasteiger partial charge in [-0.05, 0) is 24.8 Å². The van der Waals surface area contributed by atoms with Gasteiger partial charge >= 0.3 is 0 Å². The SMILES string of the molecule is CC(C)CCc1c(N)cc(C#N)n1CC(=O)N1CCOCC1. The Morgan fingerprint density at radius 3 is 2.73 bits per heavy atom. The van der Waals surface area contributed by atoms with Gasteiger partial charge < -0.3 is 19.9 Å². The van der Waals surface area contributed by atoms with Crippen molar-refractivity contribution in [1.29, 1.82) is 5.26 Å². The molecule has 0 bridgehead atoms. The van der Waals surface area contributed by atoms with Crippen molar-refractivity contribution in [2.75, 3.05) is 32.0 Å². The second-order valence-corrected chi connectivity index (χ2v) is 6.06. The molecule has 0 unspecified atom stereocenters. The van der Waals surface area contributed by atoms with Crippen LogP contribution in [0.1, 0.15) is 31.7 Å². The molecule has 1 saturated heterocycles. The minimum absolute atomic E-state index is 0.0150. The van der Waals surface area contributed by atoms with Crippen LogP contribution in [0.4, 0.5) is 5.69 Å². The van der Waals surface area contributed by atoms with Gasteiger partial charge in [-0.2, -0.15) is 5.26 Å². The highest BCUT2D eigenvalue weighted by Gasteiger charge is 2.21. The number of carbonyl (C=O) groups is 1. The van der Waals surface area contributed by atoms with Crippen molar-refractivity contribution in [3.8, 4) is 6.07 Å².